The second-order valence-corrected chi connectivity index (χ2v) is 42.9. The molecule has 0 saturated carbocycles. The summed E-state index contributed by atoms with van der Waals surface area (Å²) < 4.78 is 319. The van der Waals surface area contributed by atoms with Crippen molar-refractivity contribution in [2.75, 3.05) is 68.1 Å². The molecule has 0 N–H and O–H groups in total. The van der Waals surface area contributed by atoms with Crippen LogP contribution in [0.3, 0.4) is 0 Å². The van der Waals surface area contributed by atoms with Gasteiger partial charge in [-0.2, -0.15) is 65.9 Å². The Morgan fingerprint density at radius 2 is 0.638 bits per heavy atom. The fourth-order valence-corrected chi connectivity index (χ4v) is 15.6. The lowest BCUT2D eigenvalue weighted by atomic mass is 9.98. The molecule has 4 unspecified atom stereocenters. The molecular formula is C54H111F15O19P6. The summed E-state index contributed by atoms with van der Waals surface area (Å²) in [6.45, 7) is 38.2. The second-order valence-electron chi connectivity index (χ2n) is 26.4. The zero-order valence-corrected chi connectivity index (χ0v) is 65.4. The van der Waals surface area contributed by atoms with Crippen molar-refractivity contribution >= 4 is 45.6 Å². The van der Waals surface area contributed by atoms with Crippen LogP contribution in [-0.4, -0.2) is 149 Å². The molecule has 4 atom stereocenters. The van der Waals surface area contributed by atoms with E-state index in [1.165, 1.54) is 49.2 Å². The summed E-state index contributed by atoms with van der Waals surface area (Å²) in [6, 6.07) is 0. The number of alkyl halides is 15. The van der Waals surface area contributed by atoms with E-state index in [4.69, 9.17) is 40.9 Å². The van der Waals surface area contributed by atoms with Crippen LogP contribution in [0, 0.1) is 5.41 Å². The normalized spacial score (nSPS) is 15.9. The zero-order chi connectivity index (χ0) is 77.1. The Bertz CT molecular complexity index is 2300. The molecule has 0 aliphatic rings. The number of unbranched alkanes of at least 4 members (excludes halogenated alkanes) is 2. The maximum atomic E-state index is 12.5. The van der Waals surface area contributed by atoms with Gasteiger partial charge in [-0.05, 0) is 157 Å². The Balaban J connectivity index is -0.000000252. The molecule has 0 aliphatic heterocycles. The van der Waals surface area contributed by atoms with Crippen LogP contribution in [0.25, 0.3) is 0 Å². The Morgan fingerprint density at radius 1 is 0.351 bits per heavy atom. The van der Waals surface area contributed by atoms with Gasteiger partial charge in [-0.1, -0.05) is 47.5 Å². The van der Waals surface area contributed by atoms with Crippen molar-refractivity contribution in [3.63, 3.8) is 0 Å². The van der Waals surface area contributed by atoms with E-state index >= 15 is 0 Å². The van der Waals surface area contributed by atoms with E-state index in [0.29, 0.717) is 26.4 Å². The summed E-state index contributed by atoms with van der Waals surface area (Å²) in [5, 5.41) is -4.89. The molecule has 0 saturated heterocycles. The highest BCUT2D eigenvalue weighted by Gasteiger charge is 2.63. The smallest absolute Gasteiger partial charge is 0.368 e. The van der Waals surface area contributed by atoms with Gasteiger partial charge in [-0.25, -0.2) is 0 Å². The number of ether oxygens (including phenoxy) is 1. The molecule has 0 amide bonds. The third kappa shape index (κ3) is 41.7. The first kappa shape index (κ1) is 105. The fourth-order valence-electron chi connectivity index (χ4n) is 5.74. The van der Waals surface area contributed by atoms with Gasteiger partial charge in [0.2, 0.25) is 0 Å². The first-order chi connectivity index (χ1) is 41.2. The lowest BCUT2D eigenvalue weighted by molar-refractivity contribution is -0.303. The van der Waals surface area contributed by atoms with Gasteiger partial charge in [0.15, 0.2) is 25.2 Å². The van der Waals surface area contributed by atoms with Gasteiger partial charge in [0.25, 0.3) is 6.10 Å². The molecular weight excluding hydrogens is 1420 g/mol. The van der Waals surface area contributed by atoms with E-state index in [9.17, 15) is 93.2 Å². The summed E-state index contributed by atoms with van der Waals surface area (Å²) in [5.41, 5.74) is -0.283. The molecule has 576 valence electrons. The van der Waals surface area contributed by atoms with Crippen LogP contribution in [0.5, 0.6) is 0 Å². The molecule has 0 heterocycles. The predicted molar refractivity (Wildman–Crippen MR) is 334 cm³/mol. The molecule has 0 spiro atoms. The van der Waals surface area contributed by atoms with Crippen LogP contribution in [-0.2, 0) is 86.4 Å². The standard InChI is InChI=1S/C12H27O3P.C10H14F9O3P.C10H23O4P.C8H13F6O3P.C8H19O3P.C6H15O3P/c1-6-8-10-14-16(13,12(3,4)5)15-11-9-7-2;1-5(8(11,12)13)21-23(20,7(2,3)4)22-6(9(14,15)16)10(17,18)19;1-7-13-15(11,14-8-2)9(12-6)10(3,4)5;1-6(2,3)18(15,16-4-7(9,10)11)17-5-8(12,13)14;1-7(2)11-12(9,10-6)8(3,4)5;1-6(2,3)10(7,8-4)9-5/h6-11H2,1-5H3;5-6H,1-4H3;9H,7-8H2,1-6H3;4-5H2,1-3H3;7H,1-6H3;1-5H3. The van der Waals surface area contributed by atoms with E-state index in [1.807, 2.05) is 96.9 Å². The third-order valence-electron chi connectivity index (χ3n) is 11.0. The molecule has 0 radical (unpaired) electrons. The minimum absolute atomic E-state index is 0.0741. The molecule has 0 aromatic carbocycles. The van der Waals surface area contributed by atoms with Crippen LogP contribution < -0.4 is 0 Å². The van der Waals surface area contributed by atoms with Crippen molar-refractivity contribution in [2.24, 2.45) is 5.41 Å². The summed E-state index contributed by atoms with van der Waals surface area (Å²) in [7, 11) is -16.2. The number of rotatable bonds is 27. The number of halogens is 15. The topological polar surface area (TPSA) is 222 Å². The second kappa shape index (κ2) is 41.8. The fraction of sp³-hybridized carbons (Fsp3) is 1.00. The van der Waals surface area contributed by atoms with Crippen LogP contribution in [0.2, 0.25) is 0 Å². The zero-order valence-electron chi connectivity index (χ0n) is 60.0. The van der Waals surface area contributed by atoms with E-state index in [-0.39, 0.29) is 18.4 Å². The van der Waals surface area contributed by atoms with Gasteiger partial charge in [-0.3, -0.25) is 45.5 Å². The average molecular weight is 1540 g/mol. The highest BCUT2D eigenvalue weighted by Crippen LogP contribution is 2.66. The van der Waals surface area contributed by atoms with Crippen LogP contribution in [0.4, 0.5) is 65.9 Å². The largest absolute Gasteiger partial charge is 0.424 e. The summed E-state index contributed by atoms with van der Waals surface area (Å²) >= 11 is 0. The lowest BCUT2D eigenvalue weighted by Crippen LogP contribution is -2.45. The van der Waals surface area contributed by atoms with Crippen molar-refractivity contribution < 1.29 is 152 Å². The molecule has 0 rings (SSSR count). The summed E-state index contributed by atoms with van der Waals surface area (Å²) in [5.74, 6) is -0.537. The highest BCUT2D eigenvalue weighted by molar-refractivity contribution is 7.57. The van der Waals surface area contributed by atoms with Gasteiger partial charge in [0.05, 0.1) is 58.3 Å². The van der Waals surface area contributed by atoms with Crippen LogP contribution in [0.1, 0.15) is 199 Å². The maximum Gasteiger partial charge on any atom is 0.424 e. The van der Waals surface area contributed by atoms with Crippen molar-refractivity contribution in [1.82, 2.24) is 0 Å². The molecule has 0 aliphatic carbocycles. The van der Waals surface area contributed by atoms with E-state index < -0.39 is 134 Å². The summed E-state index contributed by atoms with van der Waals surface area (Å²) in [4.78, 5) is 0. The van der Waals surface area contributed by atoms with Crippen molar-refractivity contribution in [3.05, 3.63) is 0 Å². The summed E-state index contributed by atoms with van der Waals surface area (Å²) in [6.07, 6.45) is -30.4. The van der Waals surface area contributed by atoms with Gasteiger partial charge in [0.1, 0.15) is 0 Å². The quantitative estimate of drug-likeness (QED) is 0.0423. The molecule has 0 fully saturated rings. The van der Waals surface area contributed by atoms with Crippen LogP contribution in [0.15, 0.2) is 0 Å². The van der Waals surface area contributed by atoms with E-state index in [2.05, 4.69) is 31.9 Å². The Kier molecular flexibility index (Phi) is 46.6. The van der Waals surface area contributed by atoms with Gasteiger partial charge >= 0.3 is 76.5 Å². The molecule has 40 heteroatoms. The third-order valence-corrected chi connectivity index (χ3v) is 27.2. The minimum atomic E-state index is -6.04. The Labute approximate surface area is 549 Å². The van der Waals surface area contributed by atoms with Gasteiger partial charge in [0, 0.05) is 28.4 Å². The van der Waals surface area contributed by atoms with Gasteiger partial charge < -0.3 is 40.9 Å². The molecule has 19 nitrogen and oxygen atoms in total. The predicted octanol–water partition coefficient (Wildman–Crippen LogP) is 22.8. The number of methoxy groups -OCH3 is 1. The molecule has 0 bridgehead atoms. The molecule has 0 aromatic heterocycles. The monoisotopic (exact) mass is 1530 g/mol. The average Bonchev–Trinajstić information content (AvgIpc) is 0.783. The van der Waals surface area contributed by atoms with Crippen molar-refractivity contribution in [2.45, 2.75) is 280 Å². The van der Waals surface area contributed by atoms with Crippen molar-refractivity contribution in [1.29, 1.82) is 0 Å². The minimum Gasteiger partial charge on any atom is -0.368 e. The molecule has 0 aromatic rings. The Morgan fingerprint density at radius 3 is 0.809 bits per heavy atom. The molecule has 94 heavy (non-hydrogen) atoms. The number of hydrogen-bond acceptors (Lipinski definition) is 19. The number of hydrogen-bond donors (Lipinski definition) is 0. The maximum absolute atomic E-state index is 12.5. The van der Waals surface area contributed by atoms with E-state index in [0.717, 1.165) is 46.5 Å². The van der Waals surface area contributed by atoms with Gasteiger partial charge in [-0.15, -0.1) is 0 Å². The van der Waals surface area contributed by atoms with Crippen molar-refractivity contribution in [3.8, 4) is 0 Å². The SMILES string of the molecule is CC(C)(C)P(=O)(OCC(F)(F)F)OCC(F)(F)F.CC(OP(=O)(OC(C(F)(F)F)C(F)(F)F)C(C)(C)C)C(F)(F)F.CCCCOP(=O)(OCCCC)C(C)(C)C.CCOP(=O)(OCC)C(OC)C(C)(C)C.COP(=O)(OC(C)C)C(C)(C)C.COP(=O)(OC)C(C)(C)C. The Hall–Kier alpha value is -0.190. The van der Waals surface area contributed by atoms with Crippen LogP contribution >= 0.6 is 45.6 Å². The highest BCUT2D eigenvalue weighted by atomic mass is 31.2. The van der Waals surface area contributed by atoms with E-state index in [1.54, 1.807) is 13.8 Å². The first-order valence-corrected chi connectivity index (χ1v) is 38.6. The first-order valence-electron chi connectivity index (χ1n) is 29.2. The lowest BCUT2D eigenvalue weighted by Gasteiger charge is -2.35.